The first kappa shape index (κ1) is 9.68. The van der Waals surface area contributed by atoms with Crippen LogP contribution in [0.25, 0.3) is 0 Å². The number of nitrogens with one attached hydrogen (secondary N) is 1. The molecule has 0 heterocycles. The van der Waals surface area contributed by atoms with Crippen LogP contribution in [0.3, 0.4) is 0 Å². The Balaban J connectivity index is 2.15. The normalized spacial score (nSPS) is 17.7. The fraction of sp³-hybridized carbons (Fsp3) is 0.400. The van der Waals surface area contributed by atoms with Crippen molar-refractivity contribution in [2.45, 2.75) is 30.2 Å². The number of hydrogen-bond acceptors (Lipinski definition) is 2. The Labute approximate surface area is 84.2 Å². The highest BCUT2D eigenvalue weighted by molar-refractivity contribution is 7.89. The molecule has 1 aliphatic carbocycles. The van der Waals surface area contributed by atoms with Crippen molar-refractivity contribution >= 4 is 10.0 Å². The van der Waals surface area contributed by atoms with E-state index >= 15 is 0 Å². The third kappa shape index (κ3) is 1.96. The minimum Gasteiger partial charge on any atom is -0.208 e. The minimum atomic E-state index is -3.27. The van der Waals surface area contributed by atoms with Gasteiger partial charge in [0, 0.05) is 6.04 Å². The Morgan fingerprint density at radius 2 is 1.79 bits per heavy atom. The maximum Gasteiger partial charge on any atom is 0.240 e. The second kappa shape index (κ2) is 3.71. The Bertz CT molecular complexity index is 395. The van der Waals surface area contributed by atoms with Crippen molar-refractivity contribution in [3.05, 3.63) is 30.3 Å². The molecule has 0 amide bonds. The van der Waals surface area contributed by atoms with Crippen molar-refractivity contribution in [3.63, 3.8) is 0 Å². The third-order valence-electron chi connectivity index (χ3n) is 2.48. The van der Waals surface area contributed by atoms with Crippen molar-refractivity contribution in [1.29, 1.82) is 0 Å². The van der Waals surface area contributed by atoms with Gasteiger partial charge in [0.1, 0.15) is 0 Å². The lowest BCUT2D eigenvalue weighted by Crippen LogP contribution is -2.39. The number of rotatable bonds is 3. The smallest absolute Gasteiger partial charge is 0.208 e. The van der Waals surface area contributed by atoms with E-state index in [0.717, 1.165) is 19.3 Å². The summed E-state index contributed by atoms with van der Waals surface area (Å²) in [5.74, 6) is 0. The van der Waals surface area contributed by atoms with Crippen molar-refractivity contribution in [1.82, 2.24) is 4.72 Å². The van der Waals surface area contributed by atoms with E-state index in [1.165, 1.54) is 0 Å². The van der Waals surface area contributed by atoms with E-state index in [2.05, 4.69) is 4.72 Å². The van der Waals surface area contributed by atoms with Crippen LogP contribution in [-0.2, 0) is 10.0 Å². The van der Waals surface area contributed by atoms with E-state index in [1.807, 2.05) is 6.07 Å². The zero-order valence-electron chi connectivity index (χ0n) is 7.81. The number of benzene rings is 1. The average Bonchev–Trinajstić information content (AvgIpc) is 2.13. The van der Waals surface area contributed by atoms with Crippen LogP contribution >= 0.6 is 0 Å². The molecule has 0 atom stereocenters. The molecule has 1 aliphatic rings. The summed E-state index contributed by atoms with van der Waals surface area (Å²) in [6.07, 6.45) is 3.06. The van der Waals surface area contributed by atoms with Gasteiger partial charge in [-0.3, -0.25) is 0 Å². The van der Waals surface area contributed by atoms with E-state index in [1.54, 1.807) is 24.3 Å². The summed E-state index contributed by atoms with van der Waals surface area (Å²) in [7, 11) is -3.27. The quantitative estimate of drug-likeness (QED) is 0.824. The van der Waals surface area contributed by atoms with Gasteiger partial charge in [0.25, 0.3) is 0 Å². The Morgan fingerprint density at radius 1 is 1.14 bits per heavy atom. The van der Waals surface area contributed by atoms with Gasteiger partial charge in [0.2, 0.25) is 10.0 Å². The van der Waals surface area contributed by atoms with Gasteiger partial charge in [-0.1, -0.05) is 24.6 Å². The van der Waals surface area contributed by atoms with Gasteiger partial charge in [-0.2, -0.15) is 0 Å². The molecule has 1 fully saturated rings. The molecule has 0 aromatic heterocycles. The number of hydrogen-bond donors (Lipinski definition) is 1. The minimum absolute atomic E-state index is 0.153. The van der Waals surface area contributed by atoms with Crippen molar-refractivity contribution < 1.29 is 8.42 Å². The van der Waals surface area contributed by atoms with Gasteiger partial charge < -0.3 is 0 Å². The molecule has 0 radical (unpaired) electrons. The monoisotopic (exact) mass is 211 g/mol. The molecule has 1 aromatic carbocycles. The summed E-state index contributed by atoms with van der Waals surface area (Å²) in [6.45, 7) is 0. The van der Waals surface area contributed by atoms with Gasteiger partial charge in [0.15, 0.2) is 0 Å². The summed E-state index contributed by atoms with van der Waals surface area (Å²) in [5.41, 5.74) is 0. The summed E-state index contributed by atoms with van der Waals surface area (Å²) in [4.78, 5) is 0.354. The first-order valence-electron chi connectivity index (χ1n) is 4.76. The molecular weight excluding hydrogens is 198 g/mol. The maximum atomic E-state index is 11.7. The molecule has 0 aliphatic heterocycles. The molecule has 0 spiro atoms. The number of sulfonamides is 1. The summed E-state index contributed by atoms with van der Waals surface area (Å²) >= 11 is 0. The average molecular weight is 211 g/mol. The molecule has 1 saturated carbocycles. The summed E-state index contributed by atoms with van der Waals surface area (Å²) in [6, 6.07) is 8.65. The van der Waals surface area contributed by atoms with Crippen molar-refractivity contribution in [2.75, 3.05) is 0 Å². The highest BCUT2D eigenvalue weighted by atomic mass is 32.2. The van der Waals surface area contributed by atoms with E-state index in [-0.39, 0.29) is 6.04 Å². The topological polar surface area (TPSA) is 46.2 Å². The Morgan fingerprint density at radius 3 is 2.29 bits per heavy atom. The zero-order valence-corrected chi connectivity index (χ0v) is 8.63. The molecule has 14 heavy (non-hydrogen) atoms. The van der Waals surface area contributed by atoms with E-state index in [0.29, 0.717) is 4.90 Å². The van der Waals surface area contributed by atoms with Crippen LogP contribution in [0.15, 0.2) is 35.2 Å². The molecule has 0 bridgehead atoms. The van der Waals surface area contributed by atoms with E-state index in [4.69, 9.17) is 0 Å². The lowest BCUT2D eigenvalue weighted by molar-refractivity contribution is 0.383. The highest BCUT2D eigenvalue weighted by Crippen LogP contribution is 2.20. The molecule has 0 saturated heterocycles. The van der Waals surface area contributed by atoms with Gasteiger partial charge in [0.05, 0.1) is 4.90 Å². The third-order valence-corrected chi connectivity index (χ3v) is 4.02. The lowest BCUT2D eigenvalue weighted by Gasteiger charge is -2.25. The van der Waals surface area contributed by atoms with Crippen LogP contribution in [-0.4, -0.2) is 14.5 Å². The SMILES string of the molecule is O=S(=O)(NC1CCC1)c1ccccc1. The van der Waals surface area contributed by atoms with Gasteiger partial charge >= 0.3 is 0 Å². The second-order valence-electron chi connectivity index (χ2n) is 3.56. The fourth-order valence-corrected chi connectivity index (χ4v) is 2.74. The second-order valence-corrected chi connectivity index (χ2v) is 5.28. The Kier molecular flexibility index (Phi) is 2.56. The fourth-order valence-electron chi connectivity index (χ4n) is 1.41. The molecule has 76 valence electrons. The maximum absolute atomic E-state index is 11.7. The van der Waals surface area contributed by atoms with Crippen LogP contribution in [0.5, 0.6) is 0 Å². The summed E-state index contributed by atoms with van der Waals surface area (Å²) in [5, 5.41) is 0. The predicted octanol–water partition coefficient (Wildman–Crippen LogP) is 1.52. The molecule has 3 nitrogen and oxygen atoms in total. The molecule has 1 aromatic rings. The first-order chi connectivity index (χ1) is 6.68. The van der Waals surface area contributed by atoms with Crippen molar-refractivity contribution in [2.24, 2.45) is 0 Å². The van der Waals surface area contributed by atoms with Crippen molar-refractivity contribution in [3.8, 4) is 0 Å². The lowest BCUT2D eigenvalue weighted by atomic mass is 9.94. The standard InChI is InChI=1S/C10H13NO2S/c12-14(13,11-9-5-4-6-9)10-7-2-1-3-8-10/h1-3,7-9,11H,4-6H2. The highest BCUT2D eigenvalue weighted by Gasteiger charge is 2.24. The van der Waals surface area contributed by atoms with Gasteiger partial charge in [-0.25, -0.2) is 13.1 Å². The van der Waals surface area contributed by atoms with E-state index in [9.17, 15) is 8.42 Å². The Hall–Kier alpha value is -0.870. The van der Waals surface area contributed by atoms with Gasteiger partial charge in [-0.05, 0) is 25.0 Å². The summed E-state index contributed by atoms with van der Waals surface area (Å²) < 4.78 is 26.1. The molecule has 0 unspecified atom stereocenters. The van der Waals surface area contributed by atoms with Gasteiger partial charge in [-0.15, -0.1) is 0 Å². The molecule has 1 N–H and O–H groups in total. The predicted molar refractivity (Wildman–Crippen MR) is 54.4 cm³/mol. The zero-order chi connectivity index (χ0) is 10.0. The van der Waals surface area contributed by atoms with Crippen LogP contribution in [0.2, 0.25) is 0 Å². The van der Waals surface area contributed by atoms with Crippen LogP contribution in [0, 0.1) is 0 Å². The molecule has 4 heteroatoms. The van der Waals surface area contributed by atoms with Crippen LogP contribution in [0.1, 0.15) is 19.3 Å². The van der Waals surface area contributed by atoms with E-state index < -0.39 is 10.0 Å². The molecule has 2 rings (SSSR count). The first-order valence-corrected chi connectivity index (χ1v) is 6.24. The molecular formula is C10H13NO2S. The van der Waals surface area contributed by atoms with Crippen LogP contribution in [0.4, 0.5) is 0 Å². The van der Waals surface area contributed by atoms with Crippen LogP contribution < -0.4 is 4.72 Å². The largest absolute Gasteiger partial charge is 0.240 e.